The Morgan fingerprint density at radius 2 is 2.40 bits per heavy atom. The first-order chi connectivity index (χ1) is 7.16. The fourth-order valence-corrected chi connectivity index (χ4v) is 4.22. The first-order valence-electron chi connectivity index (χ1n) is 5.11. The molecule has 1 atom stereocenters. The van der Waals surface area contributed by atoms with E-state index in [2.05, 4.69) is 22.1 Å². The molecule has 0 aliphatic carbocycles. The third-order valence-corrected chi connectivity index (χ3v) is 5.16. The van der Waals surface area contributed by atoms with E-state index in [1.807, 2.05) is 0 Å². The zero-order chi connectivity index (χ0) is 10.7. The Kier molecular flexibility index (Phi) is 3.43. The average Bonchev–Trinajstić information content (AvgIpc) is 2.76. The molecule has 1 aliphatic heterocycles. The van der Waals surface area contributed by atoms with Crippen LogP contribution >= 0.6 is 11.3 Å². The molecule has 1 saturated heterocycles. The second-order valence-corrected chi connectivity index (χ2v) is 6.94. The van der Waals surface area contributed by atoms with Crippen LogP contribution in [0.4, 0.5) is 0 Å². The van der Waals surface area contributed by atoms with E-state index in [-0.39, 0.29) is 6.04 Å². The molecule has 2 rings (SSSR count). The summed E-state index contributed by atoms with van der Waals surface area (Å²) in [6, 6.07) is 2.28. The fraction of sp³-hybridized carbons (Fsp3) is 0.600. The van der Waals surface area contributed by atoms with Crippen molar-refractivity contribution in [2.24, 2.45) is 0 Å². The number of rotatable bonds is 4. The van der Waals surface area contributed by atoms with E-state index >= 15 is 0 Å². The zero-order valence-electron chi connectivity index (χ0n) is 8.48. The van der Waals surface area contributed by atoms with Gasteiger partial charge in [0.2, 0.25) is 0 Å². The Labute approximate surface area is 94.4 Å². The van der Waals surface area contributed by atoms with Crippen molar-refractivity contribution in [1.29, 1.82) is 0 Å². The predicted octanol–water partition coefficient (Wildman–Crippen LogP) is 1.07. The van der Waals surface area contributed by atoms with Crippen LogP contribution in [0.1, 0.15) is 12.0 Å². The summed E-state index contributed by atoms with van der Waals surface area (Å²) in [7, 11) is -2.74. The van der Waals surface area contributed by atoms with Gasteiger partial charge < -0.3 is 5.32 Å². The van der Waals surface area contributed by atoms with E-state index in [0.717, 1.165) is 19.4 Å². The molecule has 1 aliphatic rings. The molecule has 0 bridgehead atoms. The van der Waals surface area contributed by atoms with Gasteiger partial charge in [0.25, 0.3) is 0 Å². The zero-order valence-corrected chi connectivity index (χ0v) is 10.1. The summed E-state index contributed by atoms with van der Waals surface area (Å²) in [6.45, 7) is 0.872. The summed E-state index contributed by atoms with van der Waals surface area (Å²) in [5.41, 5.74) is 1.33. The van der Waals surface area contributed by atoms with E-state index in [4.69, 9.17) is 0 Å². The molecule has 2 heterocycles. The van der Waals surface area contributed by atoms with E-state index in [9.17, 15) is 8.42 Å². The SMILES string of the molecule is O=S1(=O)CCC(NCCc2ccsc2)C1. The molecule has 1 unspecified atom stereocenters. The van der Waals surface area contributed by atoms with Crippen molar-refractivity contribution < 1.29 is 8.42 Å². The predicted molar refractivity (Wildman–Crippen MR) is 63.1 cm³/mol. The third-order valence-electron chi connectivity index (χ3n) is 2.66. The van der Waals surface area contributed by atoms with Gasteiger partial charge in [0.1, 0.15) is 0 Å². The Bertz CT molecular complexity index is 397. The Morgan fingerprint density at radius 1 is 1.53 bits per heavy atom. The van der Waals surface area contributed by atoms with Crippen molar-refractivity contribution in [3.63, 3.8) is 0 Å². The smallest absolute Gasteiger partial charge is 0.151 e. The van der Waals surface area contributed by atoms with Crippen LogP contribution in [0.25, 0.3) is 0 Å². The van der Waals surface area contributed by atoms with Crippen LogP contribution < -0.4 is 5.32 Å². The lowest BCUT2D eigenvalue weighted by molar-refractivity contribution is 0.557. The summed E-state index contributed by atoms with van der Waals surface area (Å²) in [6.07, 6.45) is 1.76. The van der Waals surface area contributed by atoms with Gasteiger partial charge in [0, 0.05) is 6.04 Å². The first kappa shape index (κ1) is 11.1. The van der Waals surface area contributed by atoms with Crippen LogP contribution in [0.15, 0.2) is 16.8 Å². The lowest BCUT2D eigenvalue weighted by Crippen LogP contribution is -2.31. The maximum absolute atomic E-state index is 11.2. The molecule has 0 amide bonds. The van der Waals surface area contributed by atoms with Crippen molar-refractivity contribution in [2.45, 2.75) is 18.9 Å². The molecule has 1 N–H and O–H groups in total. The molecule has 1 aromatic rings. The van der Waals surface area contributed by atoms with Gasteiger partial charge in [0.05, 0.1) is 11.5 Å². The molecule has 3 nitrogen and oxygen atoms in total. The number of hydrogen-bond donors (Lipinski definition) is 1. The fourth-order valence-electron chi connectivity index (χ4n) is 1.81. The van der Waals surface area contributed by atoms with Crippen molar-refractivity contribution in [2.75, 3.05) is 18.1 Å². The minimum Gasteiger partial charge on any atom is -0.313 e. The van der Waals surface area contributed by atoms with Gasteiger partial charge in [-0.1, -0.05) is 0 Å². The van der Waals surface area contributed by atoms with Gasteiger partial charge in [-0.25, -0.2) is 8.42 Å². The molecule has 0 radical (unpaired) electrons. The molecule has 0 aromatic carbocycles. The number of nitrogens with one attached hydrogen (secondary N) is 1. The molecule has 1 aromatic heterocycles. The Balaban J connectivity index is 1.71. The van der Waals surface area contributed by atoms with Gasteiger partial charge in [-0.05, 0) is 41.8 Å². The maximum atomic E-state index is 11.2. The summed E-state index contributed by atoms with van der Waals surface area (Å²) in [5, 5.41) is 7.50. The van der Waals surface area contributed by atoms with E-state index in [0.29, 0.717) is 11.5 Å². The molecule has 1 fully saturated rings. The number of thiophene rings is 1. The minimum absolute atomic E-state index is 0.175. The van der Waals surface area contributed by atoms with Gasteiger partial charge in [-0.15, -0.1) is 0 Å². The molecule has 0 saturated carbocycles. The topological polar surface area (TPSA) is 46.2 Å². The highest BCUT2D eigenvalue weighted by Crippen LogP contribution is 2.11. The Morgan fingerprint density at radius 3 is 3.00 bits per heavy atom. The normalized spacial score (nSPS) is 24.4. The molecule has 84 valence electrons. The quantitative estimate of drug-likeness (QED) is 0.863. The summed E-state index contributed by atoms with van der Waals surface area (Å²) in [5.74, 6) is 0.666. The van der Waals surface area contributed by atoms with Gasteiger partial charge in [-0.3, -0.25) is 0 Å². The average molecular weight is 245 g/mol. The van der Waals surface area contributed by atoms with E-state index < -0.39 is 9.84 Å². The standard InChI is InChI=1S/C10H15NO2S2/c12-15(13)6-3-10(8-15)11-4-1-9-2-5-14-7-9/h2,5,7,10-11H,1,3-4,6,8H2. The summed E-state index contributed by atoms with van der Waals surface area (Å²) >= 11 is 1.70. The second kappa shape index (κ2) is 4.63. The number of sulfone groups is 1. The lowest BCUT2D eigenvalue weighted by Gasteiger charge is -2.09. The van der Waals surface area contributed by atoms with Crippen LogP contribution in [-0.4, -0.2) is 32.5 Å². The van der Waals surface area contributed by atoms with Gasteiger partial charge in [-0.2, -0.15) is 11.3 Å². The third kappa shape index (κ3) is 3.29. The highest BCUT2D eigenvalue weighted by molar-refractivity contribution is 7.91. The second-order valence-electron chi connectivity index (χ2n) is 3.94. The molecular weight excluding hydrogens is 230 g/mol. The lowest BCUT2D eigenvalue weighted by atomic mass is 10.2. The molecular formula is C10H15NO2S2. The van der Waals surface area contributed by atoms with Crippen molar-refractivity contribution in [3.8, 4) is 0 Å². The molecule has 5 heteroatoms. The molecule has 15 heavy (non-hydrogen) atoms. The van der Waals surface area contributed by atoms with Crippen LogP contribution in [0, 0.1) is 0 Å². The van der Waals surface area contributed by atoms with Crippen LogP contribution in [0.3, 0.4) is 0 Å². The van der Waals surface area contributed by atoms with Crippen molar-refractivity contribution in [3.05, 3.63) is 22.4 Å². The summed E-state index contributed by atoms with van der Waals surface area (Å²) < 4.78 is 22.4. The monoisotopic (exact) mass is 245 g/mol. The van der Waals surface area contributed by atoms with Crippen LogP contribution in [0.2, 0.25) is 0 Å². The van der Waals surface area contributed by atoms with Gasteiger partial charge in [0.15, 0.2) is 9.84 Å². The largest absolute Gasteiger partial charge is 0.313 e. The Hall–Kier alpha value is -0.390. The van der Waals surface area contributed by atoms with E-state index in [1.165, 1.54) is 5.56 Å². The van der Waals surface area contributed by atoms with Crippen LogP contribution in [0.5, 0.6) is 0 Å². The first-order valence-corrected chi connectivity index (χ1v) is 7.87. The maximum Gasteiger partial charge on any atom is 0.151 e. The van der Waals surface area contributed by atoms with Crippen molar-refractivity contribution >= 4 is 21.2 Å². The van der Waals surface area contributed by atoms with Crippen molar-refractivity contribution in [1.82, 2.24) is 5.32 Å². The minimum atomic E-state index is -2.74. The van der Waals surface area contributed by atoms with Gasteiger partial charge >= 0.3 is 0 Å². The summed E-state index contributed by atoms with van der Waals surface area (Å²) in [4.78, 5) is 0. The highest BCUT2D eigenvalue weighted by atomic mass is 32.2. The molecule has 0 spiro atoms. The highest BCUT2D eigenvalue weighted by Gasteiger charge is 2.26. The van der Waals surface area contributed by atoms with E-state index in [1.54, 1.807) is 11.3 Å². The van der Waals surface area contributed by atoms with Crippen LogP contribution in [-0.2, 0) is 16.3 Å². The number of hydrogen-bond acceptors (Lipinski definition) is 4.